The third-order valence-electron chi connectivity index (χ3n) is 10.5. The second kappa shape index (κ2) is 14.3. The lowest BCUT2D eigenvalue weighted by atomic mass is 9.93. The minimum atomic E-state index is -0.393. The van der Waals surface area contributed by atoms with Gasteiger partial charge in [0.05, 0.1) is 35.7 Å². The largest absolute Gasteiger partial charge is 0.473 e. The SMILES string of the molecule is Cc1cc(NC(=O)c2ccc3c(c2)nc(CN2CCC(c4cccc(OCc5ccc(Cl)cc5F)n4)CC2)n3C[C@@H]2CCO2)c(C)c2c(C)[nH]nc12. The molecule has 0 radical (unpaired) electrons. The number of likely N-dealkylation sites (tertiary alicyclic amines) is 1. The fourth-order valence-corrected chi connectivity index (χ4v) is 7.58. The molecular formula is C40H41ClFN7O3. The van der Waals surface area contributed by atoms with E-state index in [0.29, 0.717) is 34.5 Å². The number of aromatic amines is 1. The van der Waals surface area contributed by atoms with Crippen LogP contribution in [0.25, 0.3) is 21.9 Å². The van der Waals surface area contributed by atoms with Crippen molar-refractivity contribution in [1.29, 1.82) is 0 Å². The maximum Gasteiger partial charge on any atom is 0.255 e. The monoisotopic (exact) mass is 721 g/mol. The standard InChI is InChI=1S/C40H41ClFN7O3/c1-23-17-33(24(2)38-25(3)46-47-39(23)38)45-40(50)27-8-10-35-34(18-27)43-36(49(35)20-30-13-16-51-30)21-48-14-11-26(12-15-48)32-5-4-6-37(44-32)52-22-28-7-9-29(41)19-31(28)42/h4-10,17-19,26,30H,11-16,20-22H2,1-3H3,(H,45,50)(H,46,47)/t30-/m0/s1. The quantitative estimate of drug-likeness (QED) is 0.147. The lowest BCUT2D eigenvalue weighted by Gasteiger charge is -2.32. The number of anilines is 1. The number of ether oxygens (including phenoxy) is 2. The van der Waals surface area contributed by atoms with Gasteiger partial charge in [0.25, 0.3) is 5.91 Å². The number of aryl methyl sites for hydroxylation is 3. The van der Waals surface area contributed by atoms with Crippen molar-refractivity contribution in [2.24, 2.45) is 0 Å². The number of nitrogens with zero attached hydrogens (tertiary/aromatic N) is 5. The molecule has 268 valence electrons. The molecule has 0 saturated carbocycles. The van der Waals surface area contributed by atoms with Gasteiger partial charge in [0.2, 0.25) is 5.88 Å². The molecule has 2 aliphatic rings. The van der Waals surface area contributed by atoms with E-state index in [-0.39, 0.29) is 18.6 Å². The van der Waals surface area contributed by atoms with E-state index in [1.807, 2.05) is 57.2 Å². The number of hydrogen-bond donors (Lipinski definition) is 2. The van der Waals surface area contributed by atoms with Crippen molar-refractivity contribution in [1.82, 2.24) is 29.6 Å². The Kier molecular flexibility index (Phi) is 9.42. The summed E-state index contributed by atoms with van der Waals surface area (Å²) in [6, 6.07) is 18.1. The molecule has 2 fully saturated rings. The summed E-state index contributed by atoms with van der Waals surface area (Å²) >= 11 is 5.89. The molecule has 1 amide bonds. The predicted molar refractivity (Wildman–Crippen MR) is 200 cm³/mol. The third-order valence-corrected chi connectivity index (χ3v) is 10.7. The van der Waals surface area contributed by atoms with Gasteiger partial charge in [-0.05, 0) is 107 Å². The van der Waals surface area contributed by atoms with Crippen molar-refractivity contribution >= 4 is 45.1 Å². The van der Waals surface area contributed by atoms with Crippen LogP contribution >= 0.6 is 11.6 Å². The number of carbonyl (C=O) groups is 1. The lowest BCUT2D eigenvalue weighted by molar-refractivity contribution is -0.0592. The fourth-order valence-electron chi connectivity index (χ4n) is 7.42. The molecule has 6 aromatic rings. The van der Waals surface area contributed by atoms with E-state index in [9.17, 15) is 9.18 Å². The van der Waals surface area contributed by atoms with Gasteiger partial charge in [-0.3, -0.25) is 14.8 Å². The van der Waals surface area contributed by atoms with Crippen LogP contribution in [0.15, 0.2) is 60.7 Å². The number of rotatable bonds is 10. The average Bonchev–Trinajstić information content (AvgIpc) is 3.68. The van der Waals surface area contributed by atoms with Crippen LogP contribution in [0.4, 0.5) is 10.1 Å². The number of aromatic nitrogens is 5. The summed E-state index contributed by atoms with van der Waals surface area (Å²) in [6.45, 7) is 10.1. The number of hydrogen-bond acceptors (Lipinski definition) is 7. The smallest absolute Gasteiger partial charge is 0.255 e. The number of benzene rings is 3. The van der Waals surface area contributed by atoms with E-state index < -0.39 is 5.82 Å². The van der Waals surface area contributed by atoms with Gasteiger partial charge in [0.15, 0.2) is 0 Å². The fraction of sp³-hybridized carbons (Fsp3) is 0.350. The molecule has 0 bridgehead atoms. The van der Waals surface area contributed by atoms with Crippen molar-refractivity contribution in [2.45, 2.75) is 71.8 Å². The zero-order valence-corrected chi connectivity index (χ0v) is 30.3. The van der Waals surface area contributed by atoms with Gasteiger partial charge in [0, 0.05) is 57.2 Å². The van der Waals surface area contributed by atoms with Gasteiger partial charge in [-0.2, -0.15) is 5.10 Å². The highest BCUT2D eigenvalue weighted by atomic mass is 35.5. The zero-order chi connectivity index (χ0) is 35.9. The van der Waals surface area contributed by atoms with Gasteiger partial charge in [-0.1, -0.05) is 23.7 Å². The Labute approximate surface area is 306 Å². The van der Waals surface area contributed by atoms with Crippen molar-refractivity contribution in [3.63, 3.8) is 0 Å². The molecule has 2 aliphatic heterocycles. The Morgan fingerprint density at radius 2 is 1.88 bits per heavy atom. The normalized spacial score (nSPS) is 16.8. The minimum Gasteiger partial charge on any atom is -0.473 e. The van der Waals surface area contributed by atoms with E-state index in [1.54, 1.807) is 18.2 Å². The minimum absolute atomic E-state index is 0.0817. The number of piperidine rings is 1. The van der Waals surface area contributed by atoms with Crippen LogP contribution in [0.3, 0.4) is 0 Å². The number of nitrogens with one attached hydrogen (secondary N) is 2. The first kappa shape index (κ1) is 34.3. The molecule has 5 heterocycles. The van der Waals surface area contributed by atoms with Gasteiger partial charge in [-0.15, -0.1) is 0 Å². The molecule has 2 saturated heterocycles. The summed E-state index contributed by atoms with van der Waals surface area (Å²) in [5.74, 6) is 1.17. The number of amides is 1. The number of halogens is 2. The van der Waals surface area contributed by atoms with E-state index >= 15 is 0 Å². The molecule has 0 aliphatic carbocycles. The maximum absolute atomic E-state index is 14.3. The number of carbonyl (C=O) groups excluding carboxylic acids is 1. The topological polar surface area (TPSA) is 110 Å². The Bertz CT molecular complexity index is 2290. The highest BCUT2D eigenvalue weighted by Gasteiger charge is 2.26. The van der Waals surface area contributed by atoms with Gasteiger partial charge < -0.3 is 19.4 Å². The van der Waals surface area contributed by atoms with E-state index in [4.69, 9.17) is 31.0 Å². The molecule has 2 N–H and O–H groups in total. The molecule has 0 unspecified atom stereocenters. The third kappa shape index (κ3) is 6.88. The molecule has 1 atom stereocenters. The number of fused-ring (bicyclic) bond motifs is 2. The van der Waals surface area contributed by atoms with Gasteiger partial charge in [-0.25, -0.2) is 14.4 Å². The summed E-state index contributed by atoms with van der Waals surface area (Å²) in [4.78, 5) is 25.9. The first-order valence-corrected chi connectivity index (χ1v) is 18.2. The summed E-state index contributed by atoms with van der Waals surface area (Å²) < 4.78 is 28.2. The molecule has 3 aromatic heterocycles. The van der Waals surface area contributed by atoms with Gasteiger partial charge in [0.1, 0.15) is 18.2 Å². The van der Waals surface area contributed by atoms with Crippen LogP contribution in [0.5, 0.6) is 5.88 Å². The highest BCUT2D eigenvalue weighted by Crippen LogP contribution is 2.32. The second-order valence-electron chi connectivity index (χ2n) is 14.0. The first-order chi connectivity index (χ1) is 25.2. The van der Waals surface area contributed by atoms with Crippen molar-refractivity contribution in [3.8, 4) is 5.88 Å². The van der Waals surface area contributed by atoms with Crippen LogP contribution in [0, 0.1) is 26.6 Å². The Balaban J connectivity index is 0.954. The molecule has 52 heavy (non-hydrogen) atoms. The van der Waals surface area contributed by atoms with E-state index in [1.165, 1.54) is 6.07 Å². The molecule has 10 nitrogen and oxygen atoms in total. The Morgan fingerprint density at radius 3 is 2.65 bits per heavy atom. The van der Waals surface area contributed by atoms with Crippen LogP contribution < -0.4 is 10.1 Å². The summed E-state index contributed by atoms with van der Waals surface area (Å²) in [6.07, 6.45) is 3.08. The van der Waals surface area contributed by atoms with Crippen LogP contribution in [-0.2, 0) is 24.4 Å². The zero-order valence-electron chi connectivity index (χ0n) is 29.5. The van der Waals surface area contributed by atoms with Crippen LogP contribution in [0.1, 0.15) is 69.4 Å². The van der Waals surface area contributed by atoms with Crippen LogP contribution in [-0.4, -0.2) is 61.3 Å². The summed E-state index contributed by atoms with van der Waals surface area (Å²) in [5.41, 5.74) is 8.44. The molecule has 8 rings (SSSR count). The average molecular weight is 722 g/mol. The summed E-state index contributed by atoms with van der Waals surface area (Å²) in [5, 5.41) is 12.0. The molecule has 12 heteroatoms. The van der Waals surface area contributed by atoms with E-state index in [2.05, 4.69) is 25.0 Å². The predicted octanol–water partition coefficient (Wildman–Crippen LogP) is 8.03. The number of H-pyrrole nitrogens is 1. The first-order valence-electron chi connectivity index (χ1n) is 17.8. The van der Waals surface area contributed by atoms with Crippen LogP contribution in [0.2, 0.25) is 5.02 Å². The van der Waals surface area contributed by atoms with Crippen molar-refractivity contribution in [3.05, 3.63) is 111 Å². The van der Waals surface area contributed by atoms with E-state index in [0.717, 1.165) is 101 Å². The molecular weight excluding hydrogens is 681 g/mol. The lowest BCUT2D eigenvalue weighted by Crippen LogP contribution is -2.35. The second-order valence-corrected chi connectivity index (χ2v) is 14.4. The van der Waals surface area contributed by atoms with Gasteiger partial charge >= 0.3 is 0 Å². The number of imidazole rings is 1. The van der Waals surface area contributed by atoms with Crippen molar-refractivity contribution < 1.29 is 18.7 Å². The Morgan fingerprint density at radius 1 is 1.06 bits per heavy atom. The highest BCUT2D eigenvalue weighted by molar-refractivity contribution is 6.30. The molecule has 3 aromatic carbocycles. The van der Waals surface area contributed by atoms with Crippen molar-refractivity contribution in [2.75, 3.05) is 25.0 Å². The molecule has 0 spiro atoms. The Hall–Kier alpha value is -4.84. The maximum atomic E-state index is 14.3. The number of pyridine rings is 1. The summed E-state index contributed by atoms with van der Waals surface area (Å²) in [7, 11) is 0.